The first kappa shape index (κ1) is 15.8. The van der Waals surface area contributed by atoms with Crippen molar-refractivity contribution in [2.75, 3.05) is 6.61 Å². The molecule has 0 saturated heterocycles. The largest absolute Gasteiger partial charge is 0.493 e. The van der Waals surface area contributed by atoms with E-state index in [0.717, 1.165) is 24.3 Å². The number of aliphatic carboxylic acids is 1. The van der Waals surface area contributed by atoms with Gasteiger partial charge in [-0.1, -0.05) is 24.6 Å². The monoisotopic (exact) mass is 317 g/mol. The van der Waals surface area contributed by atoms with Crippen LogP contribution in [0.5, 0.6) is 5.75 Å². The van der Waals surface area contributed by atoms with Gasteiger partial charge in [0.2, 0.25) is 5.91 Å². The smallest absolute Gasteiger partial charge is 0.310 e. The molecule has 0 heterocycles. The van der Waals surface area contributed by atoms with Crippen LogP contribution in [0.1, 0.15) is 44.1 Å². The normalized spacial score (nSPS) is 18.8. The summed E-state index contributed by atoms with van der Waals surface area (Å²) in [4.78, 5) is 23.4. The Balaban J connectivity index is 1.53. The third-order valence-corrected chi connectivity index (χ3v) is 4.88. The van der Waals surface area contributed by atoms with Crippen LogP contribution >= 0.6 is 0 Å². The summed E-state index contributed by atoms with van der Waals surface area (Å²) in [5.74, 6) is 0.416. The second-order valence-corrected chi connectivity index (χ2v) is 6.75. The molecule has 2 aliphatic carbocycles. The van der Waals surface area contributed by atoms with Crippen molar-refractivity contribution >= 4 is 11.9 Å². The van der Waals surface area contributed by atoms with Crippen LogP contribution < -0.4 is 10.1 Å². The number of benzene rings is 1. The van der Waals surface area contributed by atoms with E-state index in [9.17, 15) is 14.7 Å². The maximum atomic E-state index is 12.1. The third-order valence-electron chi connectivity index (χ3n) is 4.88. The molecule has 0 bridgehead atoms. The van der Waals surface area contributed by atoms with Crippen LogP contribution in [-0.2, 0) is 16.1 Å². The zero-order chi connectivity index (χ0) is 16.3. The molecule has 2 fully saturated rings. The standard InChI is InChI=1S/C18H23NO4/c20-16(10-18(17(21)22)8-3-9-18)19-11-14-4-1-2-5-15(14)23-12-13-6-7-13/h1-2,4-5,13H,3,6-12H2,(H,19,20)(H,21,22). The Bertz CT molecular complexity index is 590. The van der Waals surface area contributed by atoms with E-state index in [2.05, 4.69) is 5.32 Å². The van der Waals surface area contributed by atoms with E-state index < -0.39 is 11.4 Å². The van der Waals surface area contributed by atoms with E-state index in [1.54, 1.807) is 0 Å². The molecule has 0 aliphatic heterocycles. The van der Waals surface area contributed by atoms with Crippen molar-refractivity contribution < 1.29 is 19.4 Å². The van der Waals surface area contributed by atoms with Gasteiger partial charge < -0.3 is 15.2 Å². The van der Waals surface area contributed by atoms with Gasteiger partial charge in [-0.2, -0.15) is 0 Å². The molecule has 0 radical (unpaired) electrons. The number of nitrogens with one attached hydrogen (secondary N) is 1. The molecule has 3 rings (SSSR count). The van der Waals surface area contributed by atoms with Gasteiger partial charge in [-0.05, 0) is 37.7 Å². The van der Waals surface area contributed by atoms with Gasteiger partial charge in [-0.25, -0.2) is 0 Å². The van der Waals surface area contributed by atoms with Gasteiger partial charge >= 0.3 is 5.97 Å². The van der Waals surface area contributed by atoms with Gasteiger partial charge in [-0.3, -0.25) is 9.59 Å². The number of hydrogen-bond acceptors (Lipinski definition) is 3. The summed E-state index contributed by atoms with van der Waals surface area (Å²) < 4.78 is 5.82. The van der Waals surface area contributed by atoms with Crippen LogP contribution in [0.3, 0.4) is 0 Å². The number of hydrogen-bond donors (Lipinski definition) is 2. The fourth-order valence-electron chi connectivity index (χ4n) is 2.92. The second-order valence-electron chi connectivity index (χ2n) is 6.75. The minimum Gasteiger partial charge on any atom is -0.493 e. The Morgan fingerprint density at radius 2 is 2.00 bits per heavy atom. The topological polar surface area (TPSA) is 75.6 Å². The third kappa shape index (κ3) is 3.84. The van der Waals surface area contributed by atoms with Crippen LogP contribution in [0.4, 0.5) is 0 Å². The summed E-state index contributed by atoms with van der Waals surface area (Å²) in [5.41, 5.74) is 0.0889. The molecule has 1 amide bonds. The number of ether oxygens (including phenoxy) is 1. The summed E-state index contributed by atoms with van der Waals surface area (Å²) >= 11 is 0. The molecular weight excluding hydrogens is 294 g/mol. The number of carbonyl (C=O) groups excluding carboxylic acids is 1. The van der Waals surface area contributed by atoms with Crippen LogP contribution in [0.2, 0.25) is 0 Å². The lowest BCUT2D eigenvalue weighted by Gasteiger charge is -2.36. The maximum Gasteiger partial charge on any atom is 0.310 e. The van der Waals surface area contributed by atoms with Crippen molar-refractivity contribution in [3.05, 3.63) is 29.8 Å². The summed E-state index contributed by atoms with van der Waals surface area (Å²) in [5, 5.41) is 12.1. The Labute approximate surface area is 136 Å². The molecule has 5 heteroatoms. The fraction of sp³-hybridized carbons (Fsp3) is 0.556. The van der Waals surface area contributed by atoms with Crippen molar-refractivity contribution in [2.45, 2.75) is 45.1 Å². The van der Waals surface area contributed by atoms with Crippen molar-refractivity contribution in [1.82, 2.24) is 5.32 Å². The number of carboxylic acid groups (broad SMARTS) is 1. The zero-order valence-corrected chi connectivity index (χ0v) is 13.2. The molecular formula is C18H23NO4. The van der Waals surface area contributed by atoms with Gasteiger partial charge in [0.15, 0.2) is 0 Å². The molecule has 2 N–H and O–H groups in total. The SMILES string of the molecule is O=C(CC1(C(=O)O)CCC1)NCc1ccccc1OCC1CC1. The quantitative estimate of drug-likeness (QED) is 0.773. The summed E-state index contributed by atoms with van der Waals surface area (Å²) in [6.07, 6.45) is 4.60. The molecule has 0 aromatic heterocycles. The van der Waals surface area contributed by atoms with Crippen LogP contribution in [-0.4, -0.2) is 23.6 Å². The average Bonchev–Trinajstić information content (AvgIpc) is 3.31. The van der Waals surface area contributed by atoms with Crippen molar-refractivity contribution in [1.29, 1.82) is 0 Å². The van der Waals surface area contributed by atoms with Gasteiger partial charge in [0.05, 0.1) is 12.0 Å². The second kappa shape index (κ2) is 6.60. The first-order valence-electron chi connectivity index (χ1n) is 8.30. The highest BCUT2D eigenvalue weighted by atomic mass is 16.5. The summed E-state index contributed by atoms with van der Waals surface area (Å²) in [6.45, 7) is 1.10. The lowest BCUT2D eigenvalue weighted by atomic mass is 9.66. The van der Waals surface area contributed by atoms with E-state index in [0.29, 0.717) is 25.3 Å². The van der Waals surface area contributed by atoms with Gasteiger partial charge in [0, 0.05) is 18.5 Å². The maximum absolute atomic E-state index is 12.1. The van der Waals surface area contributed by atoms with Crippen LogP contribution in [0.25, 0.3) is 0 Å². The number of rotatable bonds is 8. The average molecular weight is 317 g/mol. The fourth-order valence-corrected chi connectivity index (χ4v) is 2.92. The molecule has 1 aromatic carbocycles. The van der Waals surface area contributed by atoms with Crippen molar-refractivity contribution in [3.8, 4) is 5.75 Å². The predicted octanol–water partition coefficient (Wildman–Crippen LogP) is 2.74. The molecule has 5 nitrogen and oxygen atoms in total. The van der Waals surface area contributed by atoms with Gasteiger partial charge in [0.25, 0.3) is 0 Å². The molecule has 124 valence electrons. The first-order valence-corrected chi connectivity index (χ1v) is 8.30. The van der Waals surface area contributed by atoms with Crippen LogP contribution in [0.15, 0.2) is 24.3 Å². The molecule has 0 spiro atoms. The van der Waals surface area contributed by atoms with E-state index in [4.69, 9.17) is 4.74 Å². The molecule has 1 aromatic rings. The number of para-hydroxylation sites is 1. The van der Waals surface area contributed by atoms with Crippen LogP contribution in [0, 0.1) is 11.3 Å². The Kier molecular flexibility index (Phi) is 4.55. The molecule has 0 atom stereocenters. The van der Waals surface area contributed by atoms with E-state index >= 15 is 0 Å². The minimum absolute atomic E-state index is 0.0629. The zero-order valence-electron chi connectivity index (χ0n) is 13.2. The first-order chi connectivity index (χ1) is 11.1. The molecule has 0 unspecified atom stereocenters. The van der Waals surface area contributed by atoms with E-state index in [-0.39, 0.29) is 12.3 Å². The van der Waals surface area contributed by atoms with E-state index in [1.165, 1.54) is 12.8 Å². The van der Waals surface area contributed by atoms with Crippen molar-refractivity contribution in [2.24, 2.45) is 11.3 Å². The minimum atomic E-state index is -0.855. The Morgan fingerprint density at radius 1 is 1.26 bits per heavy atom. The highest BCUT2D eigenvalue weighted by Crippen LogP contribution is 2.44. The van der Waals surface area contributed by atoms with Gasteiger partial charge in [0.1, 0.15) is 5.75 Å². The summed E-state index contributed by atoms with van der Waals surface area (Å²) in [7, 11) is 0. The molecule has 2 aliphatic rings. The summed E-state index contributed by atoms with van der Waals surface area (Å²) in [6, 6.07) is 7.67. The highest BCUT2D eigenvalue weighted by molar-refractivity contribution is 5.85. The molecule has 2 saturated carbocycles. The number of carbonyl (C=O) groups is 2. The lowest BCUT2D eigenvalue weighted by Crippen LogP contribution is -2.42. The Hall–Kier alpha value is -2.04. The lowest BCUT2D eigenvalue weighted by molar-refractivity contribution is -0.157. The van der Waals surface area contributed by atoms with Crippen molar-refractivity contribution in [3.63, 3.8) is 0 Å². The number of amides is 1. The number of carboxylic acids is 1. The molecule has 23 heavy (non-hydrogen) atoms. The predicted molar refractivity (Wildman–Crippen MR) is 85.0 cm³/mol. The van der Waals surface area contributed by atoms with E-state index in [1.807, 2.05) is 24.3 Å². The Morgan fingerprint density at radius 3 is 2.61 bits per heavy atom. The van der Waals surface area contributed by atoms with Gasteiger partial charge in [-0.15, -0.1) is 0 Å². The highest BCUT2D eigenvalue weighted by Gasteiger charge is 2.45.